The fraction of sp³-hybridized carbons (Fsp3) is 0.500. The molecule has 19 heavy (non-hydrogen) atoms. The lowest BCUT2D eigenvalue weighted by Gasteiger charge is -2.25. The molecular formula is C12H20FN3O2S. The molecule has 0 aliphatic heterocycles. The summed E-state index contributed by atoms with van der Waals surface area (Å²) in [4.78, 5) is 0. The van der Waals surface area contributed by atoms with Crippen molar-refractivity contribution in [1.82, 2.24) is 9.62 Å². The van der Waals surface area contributed by atoms with Gasteiger partial charge in [0.15, 0.2) is 0 Å². The van der Waals surface area contributed by atoms with Gasteiger partial charge in [0.2, 0.25) is 0 Å². The molecule has 0 aliphatic rings. The Labute approximate surface area is 114 Å². The van der Waals surface area contributed by atoms with E-state index in [0.717, 1.165) is 10.8 Å². The maximum atomic E-state index is 13.1. The van der Waals surface area contributed by atoms with Crippen molar-refractivity contribution in [2.75, 3.05) is 38.5 Å². The van der Waals surface area contributed by atoms with E-state index >= 15 is 0 Å². The molecule has 0 aromatic heterocycles. The van der Waals surface area contributed by atoms with Crippen LogP contribution >= 0.6 is 0 Å². The third kappa shape index (κ3) is 4.15. The Hall–Kier alpha value is -1.18. The van der Waals surface area contributed by atoms with E-state index in [2.05, 4.69) is 5.32 Å². The molecule has 0 heterocycles. The van der Waals surface area contributed by atoms with Gasteiger partial charge in [-0.25, -0.2) is 4.39 Å². The molecule has 5 nitrogen and oxygen atoms in total. The van der Waals surface area contributed by atoms with Crippen LogP contribution < -0.4 is 9.62 Å². The summed E-state index contributed by atoms with van der Waals surface area (Å²) >= 11 is 0. The van der Waals surface area contributed by atoms with Crippen molar-refractivity contribution >= 4 is 15.9 Å². The first-order valence-corrected chi connectivity index (χ1v) is 7.39. The summed E-state index contributed by atoms with van der Waals surface area (Å²) in [6.45, 7) is 1.15. The highest BCUT2D eigenvalue weighted by Gasteiger charge is 2.23. The molecule has 0 saturated carbocycles. The predicted molar refractivity (Wildman–Crippen MR) is 74.9 cm³/mol. The molecule has 0 saturated heterocycles. The summed E-state index contributed by atoms with van der Waals surface area (Å²) in [6.07, 6.45) is 0.712. The Balaban J connectivity index is 2.81. The summed E-state index contributed by atoms with van der Waals surface area (Å²) in [6, 6.07) is 5.51. The Kier molecular flexibility index (Phi) is 5.71. The third-order valence-corrected chi connectivity index (χ3v) is 4.68. The average Bonchev–Trinajstić information content (AvgIpc) is 2.37. The van der Waals surface area contributed by atoms with E-state index in [1.807, 2.05) is 7.05 Å². The lowest BCUT2D eigenvalue weighted by Crippen LogP contribution is -2.40. The highest BCUT2D eigenvalue weighted by atomic mass is 32.2. The number of anilines is 1. The minimum atomic E-state index is -3.62. The fourth-order valence-electron chi connectivity index (χ4n) is 1.61. The van der Waals surface area contributed by atoms with Crippen molar-refractivity contribution in [2.45, 2.75) is 6.42 Å². The molecule has 1 N–H and O–H groups in total. The molecule has 0 amide bonds. The molecule has 1 aromatic rings. The number of hydrogen-bond donors (Lipinski definition) is 1. The van der Waals surface area contributed by atoms with Crippen molar-refractivity contribution in [2.24, 2.45) is 0 Å². The molecule has 0 atom stereocenters. The number of nitrogens with zero attached hydrogens (tertiary/aromatic N) is 2. The second kappa shape index (κ2) is 6.83. The van der Waals surface area contributed by atoms with Gasteiger partial charge in [0.1, 0.15) is 5.82 Å². The van der Waals surface area contributed by atoms with Crippen LogP contribution in [0.4, 0.5) is 10.1 Å². The first kappa shape index (κ1) is 15.9. The Morgan fingerprint density at radius 3 is 2.58 bits per heavy atom. The van der Waals surface area contributed by atoms with Crippen LogP contribution in [0.15, 0.2) is 24.3 Å². The normalized spacial score (nSPS) is 11.8. The van der Waals surface area contributed by atoms with E-state index in [-0.39, 0.29) is 0 Å². The number of halogens is 1. The van der Waals surface area contributed by atoms with Gasteiger partial charge >= 0.3 is 10.2 Å². The monoisotopic (exact) mass is 289 g/mol. The third-order valence-electron chi connectivity index (χ3n) is 2.81. The Bertz CT molecular complexity index is 507. The summed E-state index contributed by atoms with van der Waals surface area (Å²) < 4.78 is 40.0. The molecule has 0 unspecified atom stereocenters. The SMILES string of the molecule is CNCCCN(C)S(=O)(=O)N(C)c1cccc(F)c1. The summed E-state index contributed by atoms with van der Waals surface area (Å²) in [5.74, 6) is -0.461. The van der Waals surface area contributed by atoms with Gasteiger partial charge in [-0.15, -0.1) is 0 Å². The first-order valence-electron chi connectivity index (χ1n) is 6.00. The van der Waals surface area contributed by atoms with Crippen LogP contribution in [0.25, 0.3) is 0 Å². The lowest BCUT2D eigenvalue weighted by molar-refractivity contribution is 0.457. The van der Waals surface area contributed by atoms with Gasteiger partial charge in [0, 0.05) is 20.6 Å². The molecule has 0 bridgehead atoms. The maximum Gasteiger partial charge on any atom is 0.303 e. The molecule has 108 valence electrons. The van der Waals surface area contributed by atoms with Crippen LogP contribution in [0.3, 0.4) is 0 Å². The highest BCUT2D eigenvalue weighted by Crippen LogP contribution is 2.18. The van der Waals surface area contributed by atoms with E-state index < -0.39 is 16.0 Å². The van der Waals surface area contributed by atoms with Gasteiger partial charge in [0.25, 0.3) is 0 Å². The van der Waals surface area contributed by atoms with Crippen molar-refractivity contribution in [1.29, 1.82) is 0 Å². The molecule has 1 aromatic carbocycles. The minimum absolute atomic E-state index is 0.306. The quantitative estimate of drug-likeness (QED) is 0.763. The van der Waals surface area contributed by atoms with E-state index in [1.54, 1.807) is 6.07 Å². The minimum Gasteiger partial charge on any atom is -0.320 e. The van der Waals surface area contributed by atoms with Gasteiger partial charge in [-0.2, -0.15) is 12.7 Å². The summed E-state index contributed by atoms with van der Waals surface area (Å²) in [5, 5.41) is 2.96. The smallest absolute Gasteiger partial charge is 0.303 e. The maximum absolute atomic E-state index is 13.1. The van der Waals surface area contributed by atoms with Crippen molar-refractivity contribution in [3.05, 3.63) is 30.1 Å². The van der Waals surface area contributed by atoms with Crippen molar-refractivity contribution < 1.29 is 12.8 Å². The highest BCUT2D eigenvalue weighted by molar-refractivity contribution is 7.90. The lowest BCUT2D eigenvalue weighted by atomic mass is 10.3. The second-order valence-corrected chi connectivity index (χ2v) is 6.30. The van der Waals surface area contributed by atoms with Gasteiger partial charge in [-0.05, 0) is 38.2 Å². The van der Waals surface area contributed by atoms with Crippen molar-refractivity contribution in [3.8, 4) is 0 Å². The van der Waals surface area contributed by atoms with Crippen molar-refractivity contribution in [3.63, 3.8) is 0 Å². The molecule has 0 spiro atoms. The van der Waals surface area contributed by atoms with Crippen LogP contribution in [0.1, 0.15) is 6.42 Å². The van der Waals surface area contributed by atoms with E-state index in [0.29, 0.717) is 18.7 Å². The van der Waals surface area contributed by atoms with Gasteiger partial charge < -0.3 is 5.32 Å². The number of rotatable bonds is 7. The summed E-state index contributed by atoms with van der Waals surface area (Å²) in [5.41, 5.74) is 0.306. The Morgan fingerprint density at radius 2 is 2.00 bits per heavy atom. The standard InChI is InChI=1S/C12H20FN3O2S/c1-14-8-5-9-15(2)19(17,18)16(3)12-7-4-6-11(13)10-12/h4,6-7,10,14H,5,8-9H2,1-3H3. The van der Waals surface area contributed by atoms with E-state index in [4.69, 9.17) is 0 Å². The zero-order valence-electron chi connectivity index (χ0n) is 11.4. The van der Waals surface area contributed by atoms with Gasteiger partial charge in [-0.3, -0.25) is 4.31 Å². The zero-order chi connectivity index (χ0) is 14.5. The molecule has 1 rings (SSSR count). The molecular weight excluding hydrogens is 269 g/mol. The largest absolute Gasteiger partial charge is 0.320 e. The van der Waals surface area contributed by atoms with Crippen LogP contribution in [0.2, 0.25) is 0 Å². The molecule has 0 fully saturated rings. The van der Waals surface area contributed by atoms with Crippen LogP contribution in [0.5, 0.6) is 0 Å². The van der Waals surface area contributed by atoms with Gasteiger partial charge in [-0.1, -0.05) is 6.07 Å². The molecule has 7 heteroatoms. The van der Waals surface area contributed by atoms with Crippen LogP contribution in [0, 0.1) is 5.82 Å². The van der Waals surface area contributed by atoms with E-state index in [1.165, 1.54) is 36.6 Å². The number of benzene rings is 1. The van der Waals surface area contributed by atoms with Crippen LogP contribution in [-0.2, 0) is 10.2 Å². The number of hydrogen-bond acceptors (Lipinski definition) is 3. The Morgan fingerprint density at radius 1 is 1.32 bits per heavy atom. The fourth-order valence-corrected chi connectivity index (χ4v) is 2.77. The molecule has 0 aliphatic carbocycles. The topological polar surface area (TPSA) is 52.7 Å². The van der Waals surface area contributed by atoms with E-state index in [9.17, 15) is 12.8 Å². The first-order chi connectivity index (χ1) is 8.89. The second-order valence-electron chi connectivity index (χ2n) is 4.23. The number of nitrogens with one attached hydrogen (secondary N) is 1. The zero-order valence-corrected chi connectivity index (χ0v) is 12.2. The average molecular weight is 289 g/mol. The molecule has 0 radical (unpaired) electrons. The predicted octanol–water partition coefficient (Wildman–Crippen LogP) is 1.05. The van der Waals surface area contributed by atoms with Gasteiger partial charge in [0.05, 0.1) is 5.69 Å². The summed E-state index contributed by atoms with van der Waals surface area (Å²) in [7, 11) is 1.13. The van der Waals surface area contributed by atoms with Crippen LogP contribution in [-0.4, -0.2) is 47.0 Å².